The molecule has 1 atom stereocenters. The van der Waals surface area contributed by atoms with Gasteiger partial charge >= 0.3 is 5.97 Å². The normalized spacial score (nSPS) is 13.8. The molecule has 1 unspecified atom stereocenters. The fourth-order valence-electron chi connectivity index (χ4n) is 1.34. The first-order valence-electron chi connectivity index (χ1n) is 5.20. The average Bonchev–Trinajstić information content (AvgIpc) is 2.68. The van der Waals surface area contributed by atoms with Crippen molar-refractivity contribution in [2.24, 2.45) is 5.92 Å². The fourth-order valence-corrected chi connectivity index (χ4v) is 2.71. The first-order valence-corrected chi connectivity index (χ1v) is 6.68. The van der Waals surface area contributed by atoms with E-state index in [9.17, 15) is 13.2 Å². The number of H-pyrrole nitrogens is 1. The van der Waals surface area contributed by atoms with Crippen LogP contribution in [0.1, 0.15) is 20.3 Å². The predicted octanol–water partition coefficient (Wildman–Crippen LogP) is 0.792. The zero-order valence-corrected chi connectivity index (χ0v) is 10.5. The molecule has 0 spiro atoms. The topological polar surface area (TPSA) is 99.3 Å². The number of carboxylic acids is 1. The number of aliphatic carboxylic acids is 1. The summed E-state index contributed by atoms with van der Waals surface area (Å²) >= 11 is 0. The molecular formula is C10H16N2O4S. The molecule has 0 radical (unpaired) electrons. The molecule has 0 aromatic carbocycles. The summed E-state index contributed by atoms with van der Waals surface area (Å²) in [4.78, 5) is 13.4. The first-order chi connectivity index (χ1) is 7.83. The molecule has 3 N–H and O–H groups in total. The van der Waals surface area contributed by atoms with Crippen LogP contribution < -0.4 is 4.72 Å². The van der Waals surface area contributed by atoms with E-state index in [1.165, 1.54) is 18.5 Å². The minimum Gasteiger partial charge on any atom is -0.481 e. The Morgan fingerprint density at radius 1 is 1.53 bits per heavy atom. The maximum Gasteiger partial charge on any atom is 0.304 e. The molecular weight excluding hydrogens is 244 g/mol. The molecule has 0 aliphatic rings. The SMILES string of the molecule is CC(C)C(CC(=O)O)NS(=O)(=O)c1cc[nH]c1. The van der Waals surface area contributed by atoms with Crippen molar-refractivity contribution in [2.45, 2.75) is 31.2 Å². The van der Waals surface area contributed by atoms with Crippen LogP contribution in [0.2, 0.25) is 0 Å². The quantitative estimate of drug-likeness (QED) is 0.704. The Kier molecular flexibility index (Phi) is 4.30. The number of sulfonamides is 1. The molecule has 0 fully saturated rings. The van der Waals surface area contributed by atoms with Gasteiger partial charge in [0.1, 0.15) is 0 Å². The van der Waals surface area contributed by atoms with Crippen molar-refractivity contribution in [3.05, 3.63) is 18.5 Å². The number of hydrogen-bond acceptors (Lipinski definition) is 3. The number of nitrogens with one attached hydrogen (secondary N) is 2. The first kappa shape index (κ1) is 13.7. The van der Waals surface area contributed by atoms with Gasteiger partial charge < -0.3 is 10.1 Å². The fraction of sp³-hybridized carbons (Fsp3) is 0.500. The molecule has 0 saturated carbocycles. The number of hydrogen-bond donors (Lipinski definition) is 3. The van der Waals surface area contributed by atoms with Crippen molar-refractivity contribution in [2.75, 3.05) is 0 Å². The summed E-state index contributed by atoms with van der Waals surface area (Å²) in [5.41, 5.74) is 0. The van der Waals surface area contributed by atoms with Crippen molar-refractivity contribution in [3.8, 4) is 0 Å². The van der Waals surface area contributed by atoms with E-state index < -0.39 is 22.0 Å². The molecule has 7 heteroatoms. The molecule has 0 bridgehead atoms. The van der Waals surface area contributed by atoms with Gasteiger partial charge in [-0.05, 0) is 12.0 Å². The van der Waals surface area contributed by atoms with E-state index in [1.807, 2.05) is 0 Å². The van der Waals surface area contributed by atoms with Gasteiger partial charge in [0.25, 0.3) is 0 Å². The van der Waals surface area contributed by atoms with Gasteiger partial charge in [0.15, 0.2) is 0 Å². The van der Waals surface area contributed by atoms with E-state index in [0.29, 0.717) is 0 Å². The third-order valence-corrected chi connectivity index (χ3v) is 3.87. The van der Waals surface area contributed by atoms with Crippen molar-refractivity contribution in [3.63, 3.8) is 0 Å². The lowest BCUT2D eigenvalue weighted by atomic mass is 10.0. The molecule has 1 heterocycles. The summed E-state index contributed by atoms with van der Waals surface area (Å²) in [6.07, 6.45) is 2.61. The zero-order valence-electron chi connectivity index (χ0n) is 9.67. The number of rotatable bonds is 6. The third kappa shape index (κ3) is 3.86. The second-order valence-corrected chi connectivity index (χ2v) is 5.83. The Hall–Kier alpha value is -1.34. The van der Waals surface area contributed by atoms with Gasteiger partial charge in [-0.1, -0.05) is 13.8 Å². The minimum absolute atomic E-state index is 0.0974. The Bertz CT molecular complexity index is 465. The summed E-state index contributed by atoms with van der Waals surface area (Å²) < 4.78 is 26.1. The smallest absolute Gasteiger partial charge is 0.304 e. The maximum absolute atomic E-state index is 11.9. The molecule has 1 aromatic rings. The van der Waals surface area contributed by atoms with Crippen LogP contribution in [-0.4, -0.2) is 30.5 Å². The van der Waals surface area contributed by atoms with Gasteiger partial charge in [-0.15, -0.1) is 0 Å². The number of aromatic nitrogens is 1. The molecule has 0 aliphatic carbocycles. The summed E-state index contributed by atoms with van der Waals surface area (Å²) in [6.45, 7) is 3.54. The van der Waals surface area contributed by atoms with E-state index >= 15 is 0 Å². The van der Waals surface area contributed by atoms with Crippen molar-refractivity contribution in [1.82, 2.24) is 9.71 Å². The van der Waals surface area contributed by atoms with Crippen LogP contribution in [-0.2, 0) is 14.8 Å². The molecule has 0 aliphatic heterocycles. The monoisotopic (exact) mass is 260 g/mol. The highest BCUT2D eigenvalue weighted by atomic mass is 32.2. The number of aromatic amines is 1. The van der Waals surface area contributed by atoms with Gasteiger partial charge in [0, 0.05) is 18.4 Å². The summed E-state index contributed by atoms with van der Waals surface area (Å²) in [5, 5.41) is 8.72. The maximum atomic E-state index is 11.9. The van der Waals surface area contributed by atoms with Gasteiger partial charge in [0.05, 0.1) is 11.3 Å². The largest absolute Gasteiger partial charge is 0.481 e. The Labute approximate surface area is 100 Å². The average molecular weight is 260 g/mol. The van der Waals surface area contributed by atoms with E-state index in [0.717, 1.165) is 0 Å². The van der Waals surface area contributed by atoms with Gasteiger partial charge in [-0.25, -0.2) is 13.1 Å². The van der Waals surface area contributed by atoms with Crippen LogP contribution in [0, 0.1) is 5.92 Å². The highest BCUT2D eigenvalue weighted by Crippen LogP contribution is 2.12. The molecule has 0 amide bonds. The Morgan fingerprint density at radius 2 is 2.18 bits per heavy atom. The van der Waals surface area contributed by atoms with Crippen LogP contribution in [0.15, 0.2) is 23.4 Å². The van der Waals surface area contributed by atoms with E-state index in [4.69, 9.17) is 5.11 Å². The van der Waals surface area contributed by atoms with Crippen LogP contribution in [0.4, 0.5) is 0 Å². The molecule has 1 rings (SSSR count). The summed E-state index contributed by atoms with van der Waals surface area (Å²) in [7, 11) is -3.65. The van der Waals surface area contributed by atoms with E-state index in [2.05, 4.69) is 9.71 Å². The van der Waals surface area contributed by atoms with Crippen LogP contribution in [0.25, 0.3) is 0 Å². The number of carboxylic acid groups (broad SMARTS) is 1. The lowest BCUT2D eigenvalue weighted by Gasteiger charge is -2.19. The molecule has 0 saturated heterocycles. The lowest BCUT2D eigenvalue weighted by Crippen LogP contribution is -2.39. The number of carbonyl (C=O) groups is 1. The summed E-state index contributed by atoms with van der Waals surface area (Å²) in [6, 6.07) is 0.799. The summed E-state index contributed by atoms with van der Waals surface area (Å²) in [5.74, 6) is -1.12. The standard InChI is InChI=1S/C10H16N2O4S/c1-7(2)9(5-10(13)14)12-17(15,16)8-3-4-11-6-8/h3-4,6-7,9,11-12H,5H2,1-2H3,(H,13,14). The molecule has 1 aromatic heterocycles. The second kappa shape index (κ2) is 5.33. The van der Waals surface area contributed by atoms with Crippen LogP contribution >= 0.6 is 0 Å². The predicted molar refractivity (Wildman–Crippen MR) is 62.0 cm³/mol. The molecule has 6 nitrogen and oxygen atoms in total. The van der Waals surface area contributed by atoms with E-state index in [-0.39, 0.29) is 17.2 Å². The van der Waals surface area contributed by atoms with Crippen molar-refractivity contribution >= 4 is 16.0 Å². The van der Waals surface area contributed by atoms with Crippen LogP contribution in [0.3, 0.4) is 0 Å². The minimum atomic E-state index is -3.65. The highest BCUT2D eigenvalue weighted by molar-refractivity contribution is 7.89. The Morgan fingerprint density at radius 3 is 2.59 bits per heavy atom. The van der Waals surface area contributed by atoms with Gasteiger partial charge in [0.2, 0.25) is 10.0 Å². The van der Waals surface area contributed by atoms with Crippen molar-refractivity contribution in [1.29, 1.82) is 0 Å². The van der Waals surface area contributed by atoms with Crippen molar-refractivity contribution < 1.29 is 18.3 Å². The van der Waals surface area contributed by atoms with E-state index in [1.54, 1.807) is 13.8 Å². The second-order valence-electron chi connectivity index (χ2n) is 4.12. The lowest BCUT2D eigenvalue weighted by molar-refractivity contribution is -0.137. The molecule has 96 valence electrons. The molecule has 17 heavy (non-hydrogen) atoms. The van der Waals surface area contributed by atoms with Gasteiger partial charge in [-0.2, -0.15) is 0 Å². The third-order valence-electron chi connectivity index (χ3n) is 2.39. The van der Waals surface area contributed by atoms with Gasteiger partial charge in [-0.3, -0.25) is 4.79 Å². The highest BCUT2D eigenvalue weighted by Gasteiger charge is 2.24. The zero-order chi connectivity index (χ0) is 13.1. The van der Waals surface area contributed by atoms with Crippen LogP contribution in [0.5, 0.6) is 0 Å². The Balaban J connectivity index is 2.84.